The van der Waals surface area contributed by atoms with E-state index >= 15 is 0 Å². The van der Waals surface area contributed by atoms with Gasteiger partial charge in [0.25, 0.3) is 0 Å². The highest BCUT2D eigenvalue weighted by atomic mass is 35.5. The van der Waals surface area contributed by atoms with Gasteiger partial charge in [0.1, 0.15) is 5.52 Å². The van der Waals surface area contributed by atoms with Crippen molar-refractivity contribution in [2.75, 3.05) is 0 Å². The first-order valence-electron chi connectivity index (χ1n) is 12.4. The third kappa shape index (κ3) is 2.91. The van der Waals surface area contributed by atoms with Crippen LogP contribution in [-0.2, 0) is 0 Å². The lowest BCUT2D eigenvalue weighted by atomic mass is 9.53. The molecule has 2 aromatic rings. The number of fused-ring (bicyclic) bond motifs is 5. The van der Waals surface area contributed by atoms with Crippen LogP contribution in [0.2, 0.25) is 0 Å². The monoisotopic (exact) mass is 455 g/mol. The molecule has 4 nitrogen and oxygen atoms in total. The van der Waals surface area contributed by atoms with Gasteiger partial charge >= 0.3 is 0 Å². The average molecular weight is 456 g/mol. The molecule has 1 heterocycles. The van der Waals surface area contributed by atoms with Crippen LogP contribution in [0.5, 0.6) is 0 Å². The number of hydrogen-bond donors (Lipinski definition) is 2. The van der Waals surface area contributed by atoms with Crippen molar-refractivity contribution in [1.82, 2.24) is 4.98 Å². The highest BCUT2D eigenvalue weighted by Gasteiger charge is 2.65. The molecule has 4 aliphatic rings. The van der Waals surface area contributed by atoms with E-state index in [1.165, 1.54) is 11.1 Å². The normalized spacial score (nSPS) is 43.8. The number of hydrogen-bond acceptors (Lipinski definition) is 4. The summed E-state index contributed by atoms with van der Waals surface area (Å²) in [5.41, 5.74) is 3.23. The molecule has 0 amide bonds. The fourth-order valence-electron chi connectivity index (χ4n) is 8.02. The molecule has 1 aromatic carbocycles. The summed E-state index contributed by atoms with van der Waals surface area (Å²) in [5, 5.41) is 22.6. The maximum Gasteiger partial charge on any atom is 0.192 e. The fourth-order valence-corrected chi connectivity index (χ4v) is 8.54. The molecule has 0 spiro atoms. The van der Waals surface area contributed by atoms with Gasteiger partial charge in [0.2, 0.25) is 0 Å². The zero-order chi connectivity index (χ0) is 22.3. The minimum Gasteiger partial charge on any atom is -0.441 e. The number of aliphatic hydroxyl groups excluding tert-OH is 1. The molecular weight excluding hydrogens is 422 g/mol. The topological polar surface area (TPSA) is 66.5 Å². The van der Waals surface area contributed by atoms with E-state index in [1.54, 1.807) is 0 Å². The number of rotatable bonds is 1. The summed E-state index contributed by atoms with van der Waals surface area (Å²) < 4.78 is 5.81. The Hall–Kier alpha value is -1.36. The molecule has 6 rings (SSSR count). The van der Waals surface area contributed by atoms with E-state index in [1.807, 2.05) is 13.0 Å². The van der Waals surface area contributed by atoms with E-state index in [0.717, 1.165) is 68.9 Å². The van der Waals surface area contributed by atoms with Gasteiger partial charge in [0.15, 0.2) is 11.5 Å². The molecular formula is C27H34ClNO3. The van der Waals surface area contributed by atoms with E-state index in [-0.39, 0.29) is 17.4 Å². The van der Waals surface area contributed by atoms with Gasteiger partial charge in [-0.15, -0.1) is 11.6 Å². The van der Waals surface area contributed by atoms with Crippen LogP contribution < -0.4 is 0 Å². The summed E-state index contributed by atoms with van der Waals surface area (Å²) in [4.78, 5) is 3.85. The third-order valence-electron chi connectivity index (χ3n) is 9.74. The van der Waals surface area contributed by atoms with Crippen molar-refractivity contribution in [1.29, 1.82) is 0 Å². The van der Waals surface area contributed by atoms with Gasteiger partial charge in [-0.2, -0.15) is 0 Å². The first-order chi connectivity index (χ1) is 15.2. The number of aryl methyl sites for hydroxylation is 1. The van der Waals surface area contributed by atoms with Gasteiger partial charge in [-0.3, -0.25) is 0 Å². The lowest BCUT2D eigenvalue weighted by Crippen LogP contribution is -2.62. The molecule has 1 aromatic heterocycles. The van der Waals surface area contributed by atoms with Crippen molar-refractivity contribution in [3.8, 4) is 0 Å². The van der Waals surface area contributed by atoms with Crippen molar-refractivity contribution in [3.63, 3.8) is 0 Å². The summed E-state index contributed by atoms with van der Waals surface area (Å²) in [7, 11) is 0. The molecule has 0 saturated heterocycles. The SMILES string of the molecule is Cc1nc2ccc(C3=CCC4C3(C)CCC3(Cl)CC5CC(O)CCC5CC[C@]43O)cc2o1. The number of aliphatic hydroxyl groups is 2. The highest BCUT2D eigenvalue weighted by molar-refractivity contribution is 6.25. The van der Waals surface area contributed by atoms with Gasteiger partial charge in [-0.25, -0.2) is 4.98 Å². The van der Waals surface area contributed by atoms with Crippen LogP contribution in [0.1, 0.15) is 76.2 Å². The first kappa shape index (κ1) is 21.2. The summed E-state index contributed by atoms with van der Waals surface area (Å²) in [6.07, 6.45) is 10.2. The lowest BCUT2D eigenvalue weighted by Gasteiger charge is -2.57. The quantitative estimate of drug-likeness (QED) is 0.517. The van der Waals surface area contributed by atoms with Crippen LogP contribution in [0.25, 0.3) is 16.7 Å². The Balaban J connectivity index is 1.35. The number of alkyl halides is 1. The van der Waals surface area contributed by atoms with Crippen LogP contribution in [0, 0.1) is 30.1 Å². The van der Waals surface area contributed by atoms with E-state index in [0.29, 0.717) is 17.7 Å². The Morgan fingerprint density at radius 1 is 1.12 bits per heavy atom. The second-order valence-electron chi connectivity index (χ2n) is 11.4. The zero-order valence-corrected chi connectivity index (χ0v) is 19.9. The van der Waals surface area contributed by atoms with Gasteiger partial charge in [-0.1, -0.05) is 19.1 Å². The fraction of sp³-hybridized carbons (Fsp3) is 0.667. The zero-order valence-electron chi connectivity index (χ0n) is 19.1. The highest BCUT2D eigenvalue weighted by Crippen LogP contribution is 2.67. The van der Waals surface area contributed by atoms with Crippen LogP contribution in [0.4, 0.5) is 0 Å². The standard InChI is InChI=1S/C27H34ClNO3/c1-16-29-22-7-4-18(14-23(22)32-16)21-6-8-24-25(21,2)11-12-26(28)15-19-13-20(30)5-3-17(19)9-10-27(24,26)31/h4,6-7,14,17,19-20,24,30-31H,3,5,8-13,15H2,1-2H3/t17?,19?,20?,24?,25?,26?,27-/m0/s1. The van der Waals surface area contributed by atoms with Gasteiger partial charge in [0, 0.05) is 12.8 Å². The first-order valence-corrected chi connectivity index (χ1v) is 12.8. The predicted octanol–water partition coefficient (Wildman–Crippen LogP) is 6.01. The molecule has 4 aliphatic carbocycles. The van der Waals surface area contributed by atoms with Crippen molar-refractivity contribution < 1.29 is 14.6 Å². The summed E-state index contributed by atoms with van der Waals surface area (Å²) in [5.74, 6) is 1.82. The number of allylic oxidation sites excluding steroid dienone is 2. The second kappa shape index (κ2) is 7.07. The van der Waals surface area contributed by atoms with E-state index in [2.05, 4.69) is 30.1 Å². The molecule has 0 aliphatic heterocycles. The minimum atomic E-state index is -0.880. The van der Waals surface area contributed by atoms with Gasteiger partial charge in [0.05, 0.1) is 16.6 Å². The maximum atomic E-state index is 12.4. The minimum absolute atomic E-state index is 0.106. The van der Waals surface area contributed by atoms with Gasteiger partial charge in [-0.05, 0) is 98.3 Å². The Morgan fingerprint density at radius 3 is 2.81 bits per heavy atom. The van der Waals surface area contributed by atoms with Crippen LogP contribution in [0.15, 0.2) is 28.7 Å². The molecule has 2 N–H and O–H groups in total. The molecule has 3 fully saturated rings. The Kier molecular flexibility index (Phi) is 4.68. The van der Waals surface area contributed by atoms with Crippen LogP contribution in [0.3, 0.4) is 0 Å². The number of oxazole rings is 1. The lowest BCUT2D eigenvalue weighted by molar-refractivity contribution is -0.118. The largest absolute Gasteiger partial charge is 0.441 e. The molecule has 0 bridgehead atoms. The molecule has 3 saturated carbocycles. The third-order valence-corrected chi connectivity index (χ3v) is 10.4. The van der Waals surface area contributed by atoms with Crippen molar-refractivity contribution in [2.24, 2.45) is 23.2 Å². The predicted molar refractivity (Wildman–Crippen MR) is 126 cm³/mol. The van der Waals surface area contributed by atoms with Crippen molar-refractivity contribution >= 4 is 28.3 Å². The summed E-state index contributed by atoms with van der Waals surface area (Å²) >= 11 is 7.42. The number of aromatic nitrogens is 1. The number of nitrogens with zero attached hydrogens (tertiary/aromatic N) is 1. The number of halogens is 1. The van der Waals surface area contributed by atoms with Gasteiger partial charge < -0.3 is 14.6 Å². The molecule has 32 heavy (non-hydrogen) atoms. The summed E-state index contributed by atoms with van der Waals surface area (Å²) in [6, 6.07) is 6.31. The van der Waals surface area contributed by atoms with E-state index in [9.17, 15) is 10.2 Å². The number of benzene rings is 1. The Labute approximate surface area is 195 Å². The van der Waals surface area contributed by atoms with Crippen molar-refractivity contribution in [2.45, 2.75) is 88.2 Å². The molecule has 172 valence electrons. The van der Waals surface area contributed by atoms with E-state index in [4.69, 9.17) is 16.0 Å². The van der Waals surface area contributed by atoms with E-state index < -0.39 is 10.5 Å². The van der Waals surface area contributed by atoms with Crippen LogP contribution >= 0.6 is 11.6 Å². The maximum absolute atomic E-state index is 12.4. The van der Waals surface area contributed by atoms with Crippen molar-refractivity contribution in [3.05, 3.63) is 35.7 Å². The Bertz CT molecular complexity index is 1090. The molecule has 0 radical (unpaired) electrons. The molecule has 7 atom stereocenters. The summed E-state index contributed by atoms with van der Waals surface area (Å²) in [6.45, 7) is 4.22. The molecule has 5 heteroatoms. The molecule has 6 unspecified atom stereocenters. The smallest absolute Gasteiger partial charge is 0.192 e. The average Bonchev–Trinajstić information content (AvgIpc) is 3.26. The Morgan fingerprint density at radius 2 is 1.97 bits per heavy atom. The van der Waals surface area contributed by atoms with Crippen LogP contribution in [-0.4, -0.2) is 31.8 Å². The second-order valence-corrected chi connectivity index (χ2v) is 12.1.